The molecule has 0 bridgehead atoms. The van der Waals surface area contributed by atoms with Crippen molar-refractivity contribution in [1.82, 2.24) is 15.2 Å². The fraction of sp³-hybridized carbons (Fsp3) is 0.471. The molecule has 126 valence electrons. The van der Waals surface area contributed by atoms with Crippen molar-refractivity contribution in [3.05, 3.63) is 43.2 Å². The van der Waals surface area contributed by atoms with Crippen molar-refractivity contribution in [3.63, 3.8) is 0 Å². The number of carbonyl (C=O) groups excluding carboxylic acids is 2. The number of amides is 2. The molecule has 0 atom stereocenters. The highest BCUT2D eigenvalue weighted by Gasteiger charge is 2.17. The van der Waals surface area contributed by atoms with Gasteiger partial charge in [0.05, 0.1) is 6.54 Å². The molecule has 0 aliphatic heterocycles. The van der Waals surface area contributed by atoms with E-state index < -0.39 is 0 Å². The molecular weight excluding hydrogens is 294 g/mol. The first-order valence-electron chi connectivity index (χ1n) is 7.84. The number of hydrogen-bond donors (Lipinski definition) is 1. The average Bonchev–Trinajstić information content (AvgIpc) is 3.01. The summed E-state index contributed by atoms with van der Waals surface area (Å²) in [4.78, 5) is 29.7. The number of nitrogens with one attached hydrogen (secondary N) is 1. The highest BCUT2D eigenvalue weighted by Crippen LogP contribution is 2.09. The van der Waals surface area contributed by atoms with Crippen molar-refractivity contribution in [2.45, 2.75) is 39.2 Å². The number of unbranched alkanes of at least 4 members (excludes halogenated alkanes) is 2. The molecule has 0 saturated heterocycles. The summed E-state index contributed by atoms with van der Waals surface area (Å²) in [5.74, 6) is 0.0399. The molecule has 1 rings (SSSR count). The van der Waals surface area contributed by atoms with Crippen LogP contribution < -0.4 is 5.32 Å². The van der Waals surface area contributed by atoms with Crippen molar-refractivity contribution in [3.8, 4) is 0 Å². The van der Waals surface area contributed by atoms with E-state index in [9.17, 15) is 9.59 Å². The molecule has 0 aliphatic rings. The molecule has 23 heavy (non-hydrogen) atoms. The van der Waals surface area contributed by atoms with Gasteiger partial charge in [0.25, 0.3) is 5.91 Å². The summed E-state index contributed by atoms with van der Waals surface area (Å²) in [7, 11) is 0. The number of oxazole rings is 1. The van der Waals surface area contributed by atoms with Gasteiger partial charge in [-0.3, -0.25) is 9.59 Å². The number of hydrogen-bond acceptors (Lipinski definition) is 4. The molecule has 0 radical (unpaired) electrons. The number of rotatable bonds is 11. The lowest BCUT2D eigenvalue weighted by Gasteiger charge is -2.19. The molecule has 6 nitrogen and oxygen atoms in total. The van der Waals surface area contributed by atoms with Crippen LogP contribution in [0.3, 0.4) is 0 Å². The zero-order valence-electron chi connectivity index (χ0n) is 13.7. The fourth-order valence-electron chi connectivity index (χ4n) is 2.00. The van der Waals surface area contributed by atoms with E-state index in [0.29, 0.717) is 25.4 Å². The van der Waals surface area contributed by atoms with E-state index in [1.54, 1.807) is 17.1 Å². The van der Waals surface area contributed by atoms with Gasteiger partial charge in [-0.2, -0.15) is 0 Å². The van der Waals surface area contributed by atoms with Gasteiger partial charge in [-0.15, -0.1) is 13.2 Å². The SMILES string of the molecule is C=CCNC(=O)c1coc(CN(CC=C)C(=O)CCCCC)n1. The van der Waals surface area contributed by atoms with Gasteiger partial charge < -0.3 is 14.6 Å². The lowest BCUT2D eigenvalue weighted by Crippen LogP contribution is -2.30. The van der Waals surface area contributed by atoms with Crippen molar-refractivity contribution >= 4 is 11.8 Å². The van der Waals surface area contributed by atoms with Gasteiger partial charge in [-0.05, 0) is 6.42 Å². The predicted molar refractivity (Wildman–Crippen MR) is 88.8 cm³/mol. The van der Waals surface area contributed by atoms with Crippen LogP contribution in [0.15, 0.2) is 36.0 Å². The molecule has 1 aromatic rings. The Kier molecular flexibility index (Phi) is 8.42. The monoisotopic (exact) mass is 319 g/mol. The lowest BCUT2D eigenvalue weighted by molar-refractivity contribution is -0.131. The molecule has 0 spiro atoms. The Hall–Kier alpha value is -2.37. The first kappa shape index (κ1) is 18.7. The minimum absolute atomic E-state index is 0.0363. The van der Waals surface area contributed by atoms with Gasteiger partial charge in [-0.25, -0.2) is 4.98 Å². The quantitative estimate of drug-likeness (QED) is 0.502. The van der Waals surface area contributed by atoms with E-state index >= 15 is 0 Å². The van der Waals surface area contributed by atoms with Crippen LogP contribution in [0.4, 0.5) is 0 Å². The highest BCUT2D eigenvalue weighted by molar-refractivity contribution is 5.91. The van der Waals surface area contributed by atoms with Crippen LogP contribution in [-0.2, 0) is 11.3 Å². The van der Waals surface area contributed by atoms with Crippen LogP contribution in [0.25, 0.3) is 0 Å². The highest BCUT2D eigenvalue weighted by atomic mass is 16.3. The third kappa shape index (κ3) is 6.50. The summed E-state index contributed by atoms with van der Waals surface area (Å²) in [5, 5.41) is 2.62. The molecule has 2 amide bonds. The van der Waals surface area contributed by atoms with E-state index in [2.05, 4.69) is 30.4 Å². The van der Waals surface area contributed by atoms with Crippen molar-refractivity contribution in [2.24, 2.45) is 0 Å². The average molecular weight is 319 g/mol. The zero-order chi connectivity index (χ0) is 17.1. The second-order valence-corrected chi connectivity index (χ2v) is 5.15. The summed E-state index contributed by atoms with van der Waals surface area (Å²) < 4.78 is 5.29. The van der Waals surface area contributed by atoms with E-state index in [0.717, 1.165) is 19.3 Å². The van der Waals surface area contributed by atoms with E-state index in [4.69, 9.17) is 4.42 Å². The van der Waals surface area contributed by atoms with Gasteiger partial charge >= 0.3 is 0 Å². The maximum absolute atomic E-state index is 12.2. The molecule has 1 N–H and O–H groups in total. The predicted octanol–water partition coefficient (Wildman–Crippen LogP) is 2.69. The second-order valence-electron chi connectivity index (χ2n) is 5.15. The summed E-state index contributed by atoms with van der Waals surface area (Å²) in [5.41, 5.74) is 0.193. The first-order valence-corrected chi connectivity index (χ1v) is 7.84. The van der Waals surface area contributed by atoms with Crippen molar-refractivity contribution < 1.29 is 14.0 Å². The van der Waals surface area contributed by atoms with Gasteiger partial charge in [-0.1, -0.05) is 31.9 Å². The molecule has 0 saturated carbocycles. The topological polar surface area (TPSA) is 75.4 Å². The first-order chi connectivity index (χ1) is 11.1. The van der Waals surface area contributed by atoms with Crippen LogP contribution in [0.5, 0.6) is 0 Å². The number of aromatic nitrogens is 1. The molecule has 0 aliphatic carbocycles. The smallest absolute Gasteiger partial charge is 0.273 e. The van der Waals surface area contributed by atoms with E-state index in [1.807, 2.05) is 0 Å². The molecule has 6 heteroatoms. The maximum Gasteiger partial charge on any atom is 0.273 e. The summed E-state index contributed by atoms with van der Waals surface area (Å²) >= 11 is 0. The standard InChI is InChI=1S/C17H25N3O3/c1-4-7-8-9-16(21)20(11-6-3)12-15-19-14(13-23-15)17(22)18-10-5-2/h5-6,13H,2-4,7-12H2,1H3,(H,18,22). The fourth-order valence-corrected chi connectivity index (χ4v) is 2.00. The molecular formula is C17H25N3O3. The molecule has 0 aromatic carbocycles. The number of carbonyl (C=O) groups is 2. The van der Waals surface area contributed by atoms with Crippen molar-refractivity contribution in [1.29, 1.82) is 0 Å². The minimum Gasteiger partial charge on any atom is -0.446 e. The van der Waals surface area contributed by atoms with Crippen LogP contribution in [0, 0.1) is 0 Å². The third-order valence-corrected chi connectivity index (χ3v) is 3.21. The Morgan fingerprint density at radius 2 is 2.13 bits per heavy atom. The van der Waals surface area contributed by atoms with Crippen LogP contribution in [0.1, 0.15) is 49.0 Å². The van der Waals surface area contributed by atoms with E-state index in [1.165, 1.54) is 6.26 Å². The maximum atomic E-state index is 12.2. The van der Waals surface area contributed by atoms with Gasteiger partial charge in [0.15, 0.2) is 5.69 Å². The molecule has 0 unspecified atom stereocenters. The minimum atomic E-state index is -0.329. The normalized spacial score (nSPS) is 10.1. The second kappa shape index (κ2) is 10.4. The Morgan fingerprint density at radius 3 is 2.78 bits per heavy atom. The van der Waals surface area contributed by atoms with Crippen LogP contribution in [0.2, 0.25) is 0 Å². The molecule has 0 fully saturated rings. The van der Waals surface area contributed by atoms with E-state index in [-0.39, 0.29) is 24.1 Å². The lowest BCUT2D eigenvalue weighted by atomic mass is 10.2. The largest absolute Gasteiger partial charge is 0.446 e. The summed E-state index contributed by atoms with van der Waals surface area (Å²) in [6.07, 6.45) is 8.00. The van der Waals surface area contributed by atoms with Crippen LogP contribution in [-0.4, -0.2) is 34.8 Å². The Labute approximate surface area is 137 Å². The third-order valence-electron chi connectivity index (χ3n) is 3.21. The molecule has 1 aromatic heterocycles. The summed E-state index contributed by atoms with van der Waals surface area (Å²) in [6.45, 7) is 10.3. The molecule has 1 heterocycles. The summed E-state index contributed by atoms with van der Waals surface area (Å²) in [6, 6.07) is 0. The number of nitrogens with zero attached hydrogens (tertiary/aromatic N) is 2. The van der Waals surface area contributed by atoms with Gasteiger partial charge in [0, 0.05) is 19.5 Å². The zero-order valence-corrected chi connectivity index (χ0v) is 13.7. The van der Waals surface area contributed by atoms with Crippen LogP contribution >= 0.6 is 0 Å². The Bertz CT molecular complexity index is 537. The van der Waals surface area contributed by atoms with Gasteiger partial charge in [0.1, 0.15) is 6.26 Å². The van der Waals surface area contributed by atoms with Crippen molar-refractivity contribution in [2.75, 3.05) is 13.1 Å². The Morgan fingerprint density at radius 1 is 1.35 bits per heavy atom. The van der Waals surface area contributed by atoms with Gasteiger partial charge in [0.2, 0.25) is 11.8 Å². The Balaban J connectivity index is 2.64.